The van der Waals surface area contributed by atoms with Gasteiger partial charge in [0, 0.05) is 53.5 Å². The van der Waals surface area contributed by atoms with Crippen molar-refractivity contribution in [1.82, 2.24) is 0 Å². The Morgan fingerprint density at radius 3 is 1.18 bits per heavy atom. The summed E-state index contributed by atoms with van der Waals surface area (Å²) < 4.78 is 0. The molecule has 0 aliphatic rings. The minimum absolute atomic E-state index is 0. The second kappa shape index (κ2) is 7.64. The molecule has 0 fully saturated rings. The van der Waals surface area contributed by atoms with Crippen molar-refractivity contribution in [2.45, 2.75) is 0 Å². The van der Waals surface area contributed by atoms with E-state index in [1.54, 1.807) is 0 Å². The zero-order valence-electron chi connectivity index (χ0n) is 9.35. The van der Waals surface area contributed by atoms with Crippen LogP contribution in [0.2, 0.25) is 0 Å². The van der Waals surface area contributed by atoms with E-state index in [1.807, 2.05) is 48.5 Å². The first-order chi connectivity index (χ1) is 7.24. The van der Waals surface area contributed by atoms with Crippen LogP contribution in [0.25, 0.3) is 0 Å². The summed E-state index contributed by atoms with van der Waals surface area (Å²) in [4.78, 5) is 0. The van der Waals surface area contributed by atoms with E-state index in [-0.39, 0.29) is 42.1 Å². The zero-order chi connectivity index (χ0) is 10.7. The topological polar surface area (TPSA) is 12.0 Å². The van der Waals surface area contributed by atoms with Crippen LogP contribution >= 0.6 is 0 Å². The molecule has 1 nitrogen and oxygen atoms in total. The van der Waals surface area contributed by atoms with E-state index in [1.165, 1.54) is 0 Å². The number of anilines is 2. The standard InChI is InChI=1S/C14H13N.2W/c1-11-3-7-13(8-4-11)15-14-9-5-12(2)6-10-14;;/h3-10,15H,1-2H2;;/q-2;;. The zero-order valence-corrected chi connectivity index (χ0v) is 15.2. The van der Waals surface area contributed by atoms with Gasteiger partial charge in [0.1, 0.15) is 0 Å². The van der Waals surface area contributed by atoms with Crippen LogP contribution in [-0.4, -0.2) is 0 Å². The molecule has 2 aromatic carbocycles. The summed E-state index contributed by atoms with van der Waals surface area (Å²) in [6.07, 6.45) is 0. The summed E-state index contributed by atoms with van der Waals surface area (Å²) in [5.41, 5.74) is 4.18. The van der Waals surface area contributed by atoms with E-state index in [9.17, 15) is 0 Å². The van der Waals surface area contributed by atoms with Gasteiger partial charge in [0.2, 0.25) is 0 Å². The van der Waals surface area contributed by atoms with Gasteiger partial charge >= 0.3 is 0 Å². The average molecular weight is 563 g/mol. The van der Waals surface area contributed by atoms with Gasteiger partial charge in [0.05, 0.1) is 0 Å². The molecule has 0 aliphatic carbocycles. The Morgan fingerprint density at radius 2 is 0.882 bits per heavy atom. The maximum atomic E-state index is 3.84. The Morgan fingerprint density at radius 1 is 0.588 bits per heavy atom. The smallest absolute Gasteiger partial charge is 0.0138 e. The summed E-state index contributed by atoms with van der Waals surface area (Å²) >= 11 is 0. The SMILES string of the molecule is [CH2-]c1ccc(Nc2ccc([CH2-])cc2)cc1.[W].[W]. The fourth-order valence-electron chi connectivity index (χ4n) is 1.34. The van der Waals surface area contributed by atoms with Gasteiger partial charge in [-0.1, -0.05) is 24.3 Å². The van der Waals surface area contributed by atoms with E-state index >= 15 is 0 Å². The van der Waals surface area contributed by atoms with Crippen molar-refractivity contribution in [3.05, 3.63) is 73.5 Å². The van der Waals surface area contributed by atoms with E-state index in [0.29, 0.717) is 0 Å². The third kappa shape index (κ3) is 5.02. The van der Waals surface area contributed by atoms with Crippen molar-refractivity contribution >= 4 is 11.4 Å². The first-order valence-corrected chi connectivity index (χ1v) is 4.85. The molecule has 3 heteroatoms. The van der Waals surface area contributed by atoms with Crippen molar-refractivity contribution in [3.63, 3.8) is 0 Å². The molecule has 0 saturated carbocycles. The molecule has 0 atom stereocenters. The molecule has 0 saturated heterocycles. The summed E-state index contributed by atoms with van der Waals surface area (Å²) in [5.74, 6) is 0. The van der Waals surface area contributed by atoms with E-state index in [2.05, 4.69) is 19.2 Å². The van der Waals surface area contributed by atoms with Gasteiger partial charge < -0.3 is 5.32 Å². The predicted molar refractivity (Wildman–Crippen MR) is 65.1 cm³/mol. The van der Waals surface area contributed by atoms with Crippen LogP contribution < -0.4 is 5.32 Å². The maximum absolute atomic E-state index is 3.84. The molecule has 0 bridgehead atoms. The summed E-state index contributed by atoms with van der Waals surface area (Å²) in [5, 5.41) is 3.30. The van der Waals surface area contributed by atoms with Gasteiger partial charge in [0.15, 0.2) is 0 Å². The number of hydrogen-bond donors (Lipinski definition) is 1. The third-order valence-corrected chi connectivity index (χ3v) is 2.20. The number of rotatable bonds is 2. The van der Waals surface area contributed by atoms with Crippen molar-refractivity contribution < 1.29 is 42.1 Å². The summed E-state index contributed by atoms with van der Waals surface area (Å²) in [6.45, 7) is 7.69. The van der Waals surface area contributed by atoms with Gasteiger partial charge in [-0.3, -0.25) is 0 Å². The van der Waals surface area contributed by atoms with Crippen LogP contribution in [0.1, 0.15) is 11.1 Å². The van der Waals surface area contributed by atoms with E-state index in [4.69, 9.17) is 0 Å². The van der Waals surface area contributed by atoms with Crippen molar-refractivity contribution in [2.24, 2.45) is 0 Å². The summed E-state index contributed by atoms with van der Waals surface area (Å²) in [7, 11) is 0. The van der Waals surface area contributed by atoms with Gasteiger partial charge in [-0.05, 0) is 0 Å². The molecule has 0 aliphatic heterocycles. The first-order valence-electron chi connectivity index (χ1n) is 4.85. The van der Waals surface area contributed by atoms with Crippen molar-refractivity contribution in [1.29, 1.82) is 0 Å². The fraction of sp³-hybridized carbons (Fsp3) is 0. The molecule has 0 amide bonds. The van der Waals surface area contributed by atoms with Crippen LogP contribution in [-0.2, 0) is 42.1 Å². The van der Waals surface area contributed by atoms with Crippen LogP contribution in [0.4, 0.5) is 11.4 Å². The second-order valence-electron chi connectivity index (χ2n) is 3.52. The molecule has 0 radical (unpaired) electrons. The molecular weight excluding hydrogens is 550 g/mol. The Hall–Kier alpha value is -0.643. The average Bonchev–Trinajstić information content (AvgIpc) is 2.25. The van der Waals surface area contributed by atoms with Crippen LogP contribution in [0, 0.1) is 13.8 Å². The van der Waals surface area contributed by atoms with Gasteiger partial charge in [-0.25, -0.2) is 0 Å². The quantitative estimate of drug-likeness (QED) is 0.550. The normalized spacial score (nSPS) is 8.71. The molecule has 0 aromatic heterocycles. The van der Waals surface area contributed by atoms with E-state index < -0.39 is 0 Å². The molecule has 0 unspecified atom stereocenters. The van der Waals surface area contributed by atoms with Crippen molar-refractivity contribution in [2.75, 3.05) is 5.32 Å². The Bertz CT molecular complexity index is 391. The summed E-state index contributed by atoms with van der Waals surface area (Å²) in [6, 6.07) is 16.0. The minimum atomic E-state index is 0. The molecule has 2 rings (SSSR count). The number of nitrogens with one attached hydrogen (secondary N) is 1. The predicted octanol–water partition coefficient (Wildman–Crippen LogP) is 3.79. The molecule has 2 aromatic rings. The Labute approximate surface area is 132 Å². The van der Waals surface area contributed by atoms with E-state index in [0.717, 1.165) is 22.5 Å². The number of benzene rings is 2. The van der Waals surface area contributed by atoms with Crippen LogP contribution in [0.15, 0.2) is 48.5 Å². The van der Waals surface area contributed by atoms with Crippen LogP contribution in [0.3, 0.4) is 0 Å². The maximum Gasteiger partial charge on any atom is 0.0138 e. The Kier molecular flexibility index (Phi) is 7.35. The third-order valence-electron chi connectivity index (χ3n) is 2.20. The first kappa shape index (κ1) is 16.4. The van der Waals surface area contributed by atoms with Gasteiger partial charge in [-0.2, -0.15) is 49.2 Å². The monoisotopic (exact) mass is 563 g/mol. The Balaban J connectivity index is 0.00000128. The largest absolute Gasteiger partial charge is 0.359 e. The number of hydrogen-bond acceptors (Lipinski definition) is 1. The molecule has 0 heterocycles. The van der Waals surface area contributed by atoms with Gasteiger partial charge in [0.25, 0.3) is 0 Å². The van der Waals surface area contributed by atoms with Crippen LogP contribution in [0.5, 0.6) is 0 Å². The molecule has 17 heavy (non-hydrogen) atoms. The van der Waals surface area contributed by atoms with Crippen molar-refractivity contribution in [3.8, 4) is 0 Å². The second-order valence-corrected chi connectivity index (χ2v) is 3.52. The molecule has 88 valence electrons. The minimum Gasteiger partial charge on any atom is -0.359 e. The molecule has 0 spiro atoms. The van der Waals surface area contributed by atoms with Gasteiger partial charge in [-0.15, -0.1) is 0 Å². The molecule has 1 N–H and O–H groups in total. The fourth-order valence-corrected chi connectivity index (χ4v) is 1.34. The molecular formula is C14H13NW2-2.